The number of alkyl halides is 1. The molecule has 0 aliphatic heterocycles. The Labute approximate surface area is 98.8 Å². The summed E-state index contributed by atoms with van der Waals surface area (Å²) in [6, 6.07) is 8.24. The maximum atomic E-state index is 5.95. The third kappa shape index (κ3) is 2.74. The van der Waals surface area contributed by atoms with Crippen LogP contribution in [0.3, 0.4) is 0 Å². The van der Waals surface area contributed by atoms with Gasteiger partial charge >= 0.3 is 0 Å². The second-order valence-corrected chi connectivity index (χ2v) is 5.84. The molecular weight excluding hydrogens is 259 g/mol. The molecule has 0 saturated heterocycles. The molecule has 1 aromatic carbocycles. The van der Waals surface area contributed by atoms with Gasteiger partial charge in [-0.3, -0.25) is 0 Å². The van der Waals surface area contributed by atoms with Crippen LogP contribution in [0.25, 0.3) is 0 Å². The van der Waals surface area contributed by atoms with E-state index in [1.165, 1.54) is 31.2 Å². The summed E-state index contributed by atoms with van der Waals surface area (Å²) in [6.45, 7) is 0. The molecule has 1 aliphatic rings. The number of hydrogen-bond acceptors (Lipinski definition) is 0. The summed E-state index contributed by atoms with van der Waals surface area (Å²) in [5, 5.41) is 0.857. The van der Waals surface area contributed by atoms with Crippen LogP contribution in [-0.4, -0.2) is 4.83 Å². The fourth-order valence-electron chi connectivity index (χ4n) is 2.20. The van der Waals surface area contributed by atoms with E-state index >= 15 is 0 Å². The summed E-state index contributed by atoms with van der Waals surface area (Å²) in [6.07, 6.45) is 5.17. The minimum atomic E-state index is 0.742. The summed E-state index contributed by atoms with van der Waals surface area (Å²) in [5.74, 6) is 0.845. The van der Waals surface area contributed by atoms with Crippen molar-refractivity contribution >= 4 is 27.5 Å². The molecule has 0 spiro atoms. The Kier molecular flexibility index (Phi) is 3.51. The summed E-state index contributed by atoms with van der Waals surface area (Å²) in [7, 11) is 0. The van der Waals surface area contributed by atoms with Crippen molar-refractivity contribution in [2.75, 3.05) is 0 Å². The highest BCUT2D eigenvalue weighted by Crippen LogP contribution is 2.33. The van der Waals surface area contributed by atoms with Crippen LogP contribution in [0, 0.1) is 5.92 Å². The van der Waals surface area contributed by atoms with Crippen LogP contribution in [0.15, 0.2) is 24.3 Å². The second kappa shape index (κ2) is 4.67. The van der Waals surface area contributed by atoms with E-state index in [0.29, 0.717) is 0 Å². The van der Waals surface area contributed by atoms with Gasteiger partial charge in [0, 0.05) is 9.85 Å². The van der Waals surface area contributed by atoms with E-state index in [9.17, 15) is 0 Å². The summed E-state index contributed by atoms with van der Waals surface area (Å²) >= 11 is 9.63. The van der Waals surface area contributed by atoms with Gasteiger partial charge in [-0.1, -0.05) is 39.7 Å². The quantitative estimate of drug-likeness (QED) is 0.699. The SMILES string of the molecule is Clc1cccc(CC2CCC(Br)C2)c1. The Hall–Kier alpha value is -0.0100. The lowest BCUT2D eigenvalue weighted by Crippen LogP contribution is -1.99. The van der Waals surface area contributed by atoms with Crippen LogP contribution < -0.4 is 0 Å². The molecule has 1 fully saturated rings. The topological polar surface area (TPSA) is 0 Å². The lowest BCUT2D eigenvalue weighted by molar-refractivity contribution is 0.548. The van der Waals surface area contributed by atoms with Crippen molar-refractivity contribution in [2.45, 2.75) is 30.5 Å². The molecule has 0 amide bonds. The molecule has 76 valence electrons. The van der Waals surface area contributed by atoms with Crippen molar-refractivity contribution in [1.82, 2.24) is 0 Å². The van der Waals surface area contributed by atoms with E-state index in [1.54, 1.807) is 0 Å². The molecule has 0 N–H and O–H groups in total. The first-order valence-corrected chi connectivity index (χ1v) is 6.42. The number of benzene rings is 1. The highest BCUT2D eigenvalue weighted by molar-refractivity contribution is 9.09. The fraction of sp³-hybridized carbons (Fsp3) is 0.500. The van der Waals surface area contributed by atoms with Gasteiger partial charge in [0.2, 0.25) is 0 Å². The molecule has 1 aliphatic carbocycles. The molecule has 0 heterocycles. The zero-order valence-electron chi connectivity index (χ0n) is 8.05. The van der Waals surface area contributed by atoms with E-state index < -0.39 is 0 Å². The first kappa shape index (κ1) is 10.5. The number of halogens is 2. The van der Waals surface area contributed by atoms with Crippen molar-refractivity contribution in [1.29, 1.82) is 0 Å². The molecule has 2 atom stereocenters. The van der Waals surface area contributed by atoms with E-state index in [2.05, 4.69) is 28.1 Å². The predicted molar refractivity (Wildman–Crippen MR) is 65.2 cm³/mol. The Balaban J connectivity index is 1.97. The molecule has 0 nitrogen and oxygen atoms in total. The van der Waals surface area contributed by atoms with Crippen molar-refractivity contribution in [3.63, 3.8) is 0 Å². The average molecular weight is 274 g/mol. The first-order valence-electron chi connectivity index (χ1n) is 5.12. The summed E-state index contributed by atoms with van der Waals surface area (Å²) < 4.78 is 0. The fourth-order valence-corrected chi connectivity index (χ4v) is 3.20. The third-order valence-corrected chi connectivity index (χ3v) is 3.96. The highest BCUT2D eigenvalue weighted by Gasteiger charge is 2.22. The molecule has 2 rings (SSSR count). The Morgan fingerprint density at radius 1 is 1.36 bits per heavy atom. The van der Waals surface area contributed by atoms with Crippen molar-refractivity contribution < 1.29 is 0 Å². The minimum Gasteiger partial charge on any atom is -0.0891 e. The second-order valence-electron chi connectivity index (χ2n) is 4.11. The summed E-state index contributed by atoms with van der Waals surface area (Å²) in [4.78, 5) is 0.742. The number of hydrogen-bond donors (Lipinski definition) is 0. The van der Waals surface area contributed by atoms with Crippen molar-refractivity contribution in [2.24, 2.45) is 5.92 Å². The highest BCUT2D eigenvalue weighted by atomic mass is 79.9. The van der Waals surface area contributed by atoms with Gasteiger partial charge in [0.25, 0.3) is 0 Å². The normalized spacial score (nSPS) is 26.7. The number of rotatable bonds is 2. The van der Waals surface area contributed by atoms with Gasteiger partial charge in [-0.2, -0.15) is 0 Å². The van der Waals surface area contributed by atoms with Crippen LogP contribution in [0.5, 0.6) is 0 Å². The van der Waals surface area contributed by atoms with E-state index in [-0.39, 0.29) is 0 Å². The van der Waals surface area contributed by atoms with Gasteiger partial charge in [0.05, 0.1) is 0 Å². The monoisotopic (exact) mass is 272 g/mol. The van der Waals surface area contributed by atoms with Crippen LogP contribution in [-0.2, 0) is 6.42 Å². The van der Waals surface area contributed by atoms with E-state index in [4.69, 9.17) is 11.6 Å². The van der Waals surface area contributed by atoms with Gasteiger partial charge in [0.15, 0.2) is 0 Å². The molecular formula is C12H14BrCl. The first-order chi connectivity index (χ1) is 6.74. The van der Waals surface area contributed by atoms with Crippen LogP contribution in [0.2, 0.25) is 5.02 Å². The zero-order valence-corrected chi connectivity index (χ0v) is 10.4. The standard InChI is InChI=1S/C12H14BrCl/c13-11-5-4-10(7-11)6-9-2-1-3-12(14)8-9/h1-3,8,10-11H,4-7H2. The molecule has 0 aromatic heterocycles. The Morgan fingerprint density at radius 2 is 2.21 bits per heavy atom. The smallest absolute Gasteiger partial charge is 0.0408 e. The third-order valence-electron chi connectivity index (χ3n) is 2.89. The molecule has 2 heteroatoms. The maximum Gasteiger partial charge on any atom is 0.0408 e. The molecule has 1 aromatic rings. The lowest BCUT2D eigenvalue weighted by atomic mass is 9.98. The van der Waals surface area contributed by atoms with Gasteiger partial charge < -0.3 is 0 Å². The Bertz CT molecular complexity index is 311. The minimum absolute atomic E-state index is 0.742. The molecule has 14 heavy (non-hydrogen) atoms. The van der Waals surface area contributed by atoms with Crippen molar-refractivity contribution in [3.8, 4) is 0 Å². The van der Waals surface area contributed by atoms with Crippen LogP contribution in [0.4, 0.5) is 0 Å². The molecule has 0 radical (unpaired) electrons. The van der Waals surface area contributed by atoms with E-state index in [0.717, 1.165) is 15.8 Å². The molecule has 2 unspecified atom stereocenters. The maximum absolute atomic E-state index is 5.95. The largest absolute Gasteiger partial charge is 0.0891 e. The van der Waals surface area contributed by atoms with Gasteiger partial charge in [-0.25, -0.2) is 0 Å². The van der Waals surface area contributed by atoms with Gasteiger partial charge in [0.1, 0.15) is 0 Å². The lowest BCUT2D eigenvalue weighted by Gasteiger charge is -2.09. The summed E-state index contributed by atoms with van der Waals surface area (Å²) in [5.41, 5.74) is 1.38. The van der Waals surface area contributed by atoms with E-state index in [1.807, 2.05) is 12.1 Å². The molecule has 1 saturated carbocycles. The van der Waals surface area contributed by atoms with Crippen LogP contribution in [0.1, 0.15) is 24.8 Å². The molecule has 0 bridgehead atoms. The predicted octanol–water partition coefficient (Wildman–Crippen LogP) is 4.45. The van der Waals surface area contributed by atoms with Gasteiger partial charge in [-0.15, -0.1) is 0 Å². The van der Waals surface area contributed by atoms with Gasteiger partial charge in [-0.05, 0) is 49.3 Å². The van der Waals surface area contributed by atoms with Crippen LogP contribution >= 0.6 is 27.5 Å². The zero-order chi connectivity index (χ0) is 9.97. The Morgan fingerprint density at radius 3 is 2.86 bits per heavy atom. The van der Waals surface area contributed by atoms with Crippen molar-refractivity contribution in [3.05, 3.63) is 34.9 Å². The average Bonchev–Trinajstić information content (AvgIpc) is 2.51.